The molecule has 0 aliphatic carbocycles. The van der Waals surface area contributed by atoms with Crippen LogP contribution in [0.5, 0.6) is 5.75 Å². The van der Waals surface area contributed by atoms with Gasteiger partial charge in [0, 0.05) is 18.1 Å². The summed E-state index contributed by atoms with van der Waals surface area (Å²) in [7, 11) is 0. The van der Waals surface area contributed by atoms with Crippen LogP contribution in [0, 0.1) is 0 Å². The van der Waals surface area contributed by atoms with E-state index in [1.807, 2.05) is 0 Å². The van der Waals surface area contributed by atoms with Gasteiger partial charge in [0.25, 0.3) is 0 Å². The number of hydrogen-bond acceptors (Lipinski definition) is 4. The van der Waals surface area contributed by atoms with E-state index in [-0.39, 0.29) is 12.7 Å². The Morgan fingerprint density at radius 3 is 2.79 bits per heavy atom. The first-order chi connectivity index (χ1) is 9.13. The second-order valence-corrected chi connectivity index (χ2v) is 5.41. The molecule has 0 saturated carbocycles. The molecule has 1 aliphatic rings. The van der Waals surface area contributed by atoms with Gasteiger partial charge in [-0.2, -0.15) is 0 Å². The third-order valence-electron chi connectivity index (χ3n) is 3.21. The Labute approximate surface area is 118 Å². The van der Waals surface area contributed by atoms with Gasteiger partial charge in [-0.05, 0) is 43.7 Å². The lowest BCUT2D eigenvalue weighted by Crippen LogP contribution is -2.43. The molecule has 1 aromatic rings. The van der Waals surface area contributed by atoms with Crippen LogP contribution in [0.2, 0.25) is 5.02 Å². The fourth-order valence-corrected chi connectivity index (χ4v) is 2.40. The van der Waals surface area contributed by atoms with Crippen LogP contribution in [0.3, 0.4) is 0 Å². The normalized spacial score (nSPS) is 22.2. The van der Waals surface area contributed by atoms with Crippen LogP contribution in [-0.2, 0) is 0 Å². The summed E-state index contributed by atoms with van der Waals surface area (Å²) in [4.78, 5) is 2.07. The second-order valence-electron chi connectivity index (χ2n) is 4.97. The third-order valence-corrected chi connectivity index (χ3v) is 3.46. The van der Waals surface area contributed by atoms with E-state index in [1.165, 1.54) is 0 Å². The van der Waals surface area contributed by atoms with Gasteiger partial charge in [-0.15, -0.1) is 0 Å². The molecule has 1 heterocycles. The van der Waals surface area contributed by atoms with Crippen LogP contribution >= 0.6 is 11.6 Å². The first-order valence-electron chi connectivity index (χ1n) is 6.60. The van der Waals surface area contributed by atoms with Crippen LogP contribution in [-0.4, -0.2) is 53.6 Å². The highest BCUT2D eigenvalue weighted by Gasteiger charge is 2.20. The molecular formula is C14H20ClNO3. The number of halogens is 1. The molecule has 0 spiro atoms. The van der Waals surface area contributed by atoms with Crippen molar-refractivity contribution in [1.29, 1.82) is 0 Å². The van der Waals surface area contributed by atoms with Crippen molar-refractivity contribution >= 4 is 11.6 Å². The van der Waals surface area contributed by atoms with E-state index in [1.54, 1.807) is 24.3 Å². The molecule has 0 amide bonds. The summed E-state index contributed by atoms with van der Waals surface area (Å²) in [5, 5.41) is 20.2. The molecule has 4 nitrogen and oxygen atoms in total. The zero-order valence-electron chi connectivity index (χ0n) is 10.8. The summed E-state index contributed by atoms with van der Waals surface area (Å²) in [6.07, 6.45) is 1.01. The van der Waals surface area contributed by atoms with Crippen molar-refractivity contribution in [2.75, 3.05) is 26.2 Å². The highest BCUT2D eigenvalue weighted by molar-refractivity contribution is 6.30. The standard InChI is InChI=1S/C14H20ClNO3/c15-11-3-5-14(6-4-11)19-10-13(18)9-16-7-1-2-12(17)8-16/h3-6,12-13,17-18H,1-2,7-10H2/t12-,13+/m0/s1. The lowest BCUT2D eigenvalue weighted by Gasteiger charge is -2.31. The Morgan fingerprint density at radius 1 is 1.37 bits per heavy atom. The van der Waals surface area contributed by atoms with E-state index >= 15 is 0 Å². The monoisotopic (exact) mass is 285 g/mol. The Kier molecular flexibility index (Phi) is 5.45. The molecule has 0 radical (unpaired) electrons. The van der Waals surface area contributed by atoms with Gasteiger partial charge >= 0.3 is 0 Å². The summed E-state index contributed by atoms with van der Waals surface area (Å²) in [6.45, 7) is 2.34. The molecule has 1 aromatic carbocycles. The van der Waals surface area contributed by atoms with Crippen molar-refractivity contribution in [3.05, 3.63) is 29.3 Å². The molecule has 2 rings (SSSR count). The first-order valence-corrected chi connectivity index (χ1v) is 6.98. The highest BCUT2D eigenvalue weighted by atomic mass is 35.5. The number of aliphatic hydroxyl groups is 2. The number of hydrogen-bond donors (Lipinski definition) is 2. The van der Waals surface area contributed by atoms with Crippen molar-refractivity contribution in [2.24, 2.45) is 0 Å². The van der Waals surface area contributed by atoms with Crippen molar-refractivity contribution in [3.63, 3.8) is 0 Å². The Bertz CT molecular complexity index is 385. The lowest BCUT2D eigenvalue weighted by molar-refractivity contribution is 0.0243. The molecule has 0 aromatic heterocycles. The largest absolute Gasteiger partial charge is 0.491 e. The molecule has 1 aliphatic heterocycles. The number of rotatable bonds is 5. The maximum atomic E-state index is 9.93. The molecule has 2 N–H and O–H groups in total. The molecule has 106 valence electrons. The Hall–Kier alpha value is -0.810. The number of nitrogens with zero attached hydrogens (tertiary/aromatic N) is 1. The van der Waals surface area contributed by atoms with E-state index in [0.717, 1.165) is 19.4 Å². The zero-order valence-corrected chi connectivity index (χ0v) is 11.6. The molecule has 0 unspecified atom stereocenters. The fourth-order valence-electron chi connectivity index (χ4n) is 2.27. The Balaban J connectivity index is 1.72. The minimum atomic E-state index is -0.555. The average Bonchev–Trinajstić information content (AvgIpc) is 2.38. The lowest BCUT2D eigenvalue weighted by atomic mass is 10.1. The van der Waals surface area contributed by atoms with Gasteiger partial charge in [-0.1, -0.05) is 11.6 Å². The number of aliphatic hydroxyl groups excluding tert-OH is 2. The van der Waals surface area contributed by atoms with Crippen LogP contribution in [0.4, 0.5) is 0 Å². The number of benzene rings is 1. The van der Waals surface area contributed by atoms with Crippen LogP contribution in [0.15, 0.2) is 24.3 Å². The quantitative estimate of drug-likeness (QED) is 0.862. The molecule has 1 fully saturated rings. The predicted octanol–water partition coefficient (Wildman–Crippen LogP) is 1.54. The van der Waals surface area contributed by atoms with E-state index < -0.39 is 6.10 Å². The van der Waals surface area contributed by atoms with E-state index in [0.29, 0.717) is 23.9 Å². The predicted molar refractivity (Wildman–Crippen MR) is 74.6 cm³/mol. The summed E-state index contributed by atoms with van der Waals surface area (Å²) in [5.41, 5.74) is 0. The van der Waals surface area contributed by atoms with Crippen molar-refractivity contribution in [3.8, 4) is 5.75 Å². The minimum absolute atomic E-state index is 0.244. The maximum Gasteiger partial charge on any atom is 0.119 e. The zero-order chi connectivity index (χ0) is 13.7. The van der Waals surface area contributed by atoms with E-state index in [9.17, 15) is 10.2 Å². The van der Waals surface area contributed by atoms with Crippen LogP contribution in [0.25, 0.3) is 0 Å². The van der Waals surface area contributed by atoms with E-state index in [4.69, 9.17) is 16.3 Å². The summed E-state index contributed by atoms with van der Waals surface area (Å²) in [5.74, 6) is 0.696. The van der Waals surface area contributed by atoms with Gasteiger partial charge in [0.15, 0.2) is 0 Å². The molecule has 2 atom stereocenters. The first kappa shape index (κ1) is 14.6. The minimum Gasteiger partial charge on any atom is -0.491 e. The second kappa shape index (κ2) is 7.10. The SMILES string of the molecule is O[C@H]1CCCN(C[C@@H](O)COc2ccc(Cl)cc2)C1. The number of ether oxygens (including phenoxy) is 1. The molecule has 19 heavy (non-hydrogen) atoms. The molecular weight excluding hydrogens is 266 g/mol. The third kappa shape index (κ3) is 4.99. The van der Waals surface area contributed by atoms with Crippen LogP contribution in [0.1, 0.15) is 12.8 Å². The van der Waals surface area contributed by atoms with Crippen molar-refractivity contribution < 1.29 is 14.9 Å². The van der Waals surface area contributed by atoms with Gasteiger partial charge in [0.05, 0.1) is 6.10 Å². The maximum absolute atomic E-state index is 9.93. The molecule has 1 saturated heterocycles. The topological polar surface area (TPSA) is 52.9 Å². The van der Waals surface area contributed by atoms with Gasteiger partial charge < -0.3 is 14.9 Å². The highest BCUT2D eigenvalue weighted by Crippen LogP contribution is 2.16. The van der Waals surface area contributed by atoms with Gasteiger partial charge in [-0.3, -0.25) is 4.90 Å². The summed E-state index contributed by atoms with van der Waals surface area (Å²) < 4.78 is 5.49. The summed E-state index contributed by atoms with van der Waals surface area (Å²) >= 11 is 5.78. The number of β-amino-alcohol motifs (C(OH)–C–C–N with tert-alkyl or cyclic N) is 2. The number of likely N-dealkylation sites (tertiary alicyclic amines) is 1. The molecule has 0 bridgehead atoms. The van der Waals surface area contributed by atoms with Gasteiger partial charge in [-0.25, -0.2) is 0 Å². The van der Waals surface area contributed by atoms with Gasteiger partial charge in [0.1, 0.15) is 18.5 Å². The Morgan fingerprint density at radius 2 is 2.11 bits per heavy atom. The number of piperidine rings is 1. The van der Waals surface area contributed by atoms with E-state index in [2.05, 4.69) is 4.90 Å². The van der Waals surface area contributed by atoms with Crippen molar-refractivity contribution in [2.45, 2.75) is 25.0 Å². The van der Waals surface area contributed by atoms with Crippen LogP contribution < -0.4 is 4.74 Å². The fraction of sp³-hybridized carbons (Fsp3) is 0.571. The average molecular weight is 286 g/mol. The smallest absolute Gasteiger partial charge is 0.119 e. The van der Waals surface area contributed by atoms with Gasteiger partial charge in [0.2, 0.25) is 0 Å². The molecule has 5 heteroatoms. The van der Waals surface area contributed by atoms with Crippen molar-refractivity contribution in [1.82, 2.24) is 4.90 Å². The summed E-state index contributed by atoms with van der Waals surface area (Å²) in [6, 6.07) is 7.06.